The summed E-state index contributed by atoms with van der Waals surface area (Å²) in [6.07, 6.45) is 0.323. The fourth-order valence-electron chi connectivity index (χ4n) is 1.93. The third-order valence-electron chi connectivity index (χ3n) is 2.90. The van der Waals surface area contributed by atoms with Crippen molar-refractivity contribution in [3.05, 3.63) is 23.8 Å². The lowest BCUT2D eigenvalue weighted by Crippen LogP contribution is -2.18. The van der Waals surface area contributed by atoms with Crippen molar-refractivity contribution in [1.82, 2.24) is 0 Å². The maximum absolute atomic E-state index is 12.0. The Morgan fingerprint density at radius 2 is 2.24 bits per heavy atom. The summed E-state index contributed by atoms with van der Waals surface area (Å²) in [5.41, 5.74) is 0.101. The molecule has 1 atom stereocenters. The summed E-state index contributed by atoms with van der Waals surface area (Å²) >= 11 is 0. The van der Waals surface area contributed by atoms with Crippen LogP contribution in [-0.4, -0.2) is 40.3 Å². The molecule has 2 rings (SSSR count). The van der Waals surface area contributed by atoms with Gasteiger partial charge in [0, 0.05) is 17.1 Å². The molecule has 1 saturated heterocycles. The van der Waals surface area contributed by atoms with E-state index in [2.05, 4.69) is 0 Å². The molecule has 1 aromatic rings. The standard InChI is InChI=1S/C13H15ClO6S/c1-2-19-11-4-3-9(7-12(11)21(14,16)17)13(15)20-10-5-6-18-8-10/h3-4,7,10H,2,5-6,8H2,1H3. The van der Waals surface area contributed by atoms with Crippen molar-refractivity contribution in [2.45, 2.75) is 24.3 Å². The molecule has 0 spiro atoms. The smallest absolute Gasteiger partial charge is 0.338 e. The van der Waals surface area contributed by atoms with E-state index in [0.29, 0.717) is 19.6 Å². The molecule has 1 heterocycles. The molecule has 0 N–H and O–H groups in total. The lowest BCUT2D eigenvalue weighted by atomic mass is 10.2. The van der Waals surface area contributed by atoms with Crippen molar-refractivity contribution in [2.24, 2.45) is 0 Å². The lowest BCUT2D eigenvalue weighted by Gasteiger charge is -2.12. The van der Waals surface area contributed by atoms with Gasteiger partial charge in [-0.25, -0.2) is 13.2 Å². The van der Waals surface area contributed by atoms with E-state index < -0.39 is 15.0 Å². The molecule has 1 aliphatic heterocycles. The van der Waals surface area contributed by atoms with Gasteiger partial charge in [-0.05, 0) is 25.1 Å². The maximum Gasteiger partial charge on any atom is 0.338 e. The normalized spacial score (nSPS) is 18.5. The lowest BCUT2D eigenvalue weighted by molar-refractivity contribution is 0.0270. The SMILES string of the molecule is CCOc1ccc(C(=O)OC2CCOC2)cc1S(=O)(=O)Cl. The van der Waals surface area contributed by atoms with Crippen LogP contribution in [0, 0.1) is 0 Å². The highest BCUT2D eigenvalue weighted by atomic mass is 35.7. The number of hydrogen-bond donors (Lipinski definition) is 0. The van der Waals surface area contributed by atoms with Crippen LogP contribution in [0.15, 0.2) is 23.1 Å². The Morgan fingerprint density at radius 1 is 1.48 bits per heavy atom. The number of halogens is 1. The molecular formula is C13H15ClO6S. The van der Waals surface area contributed by atoms with Gasteiger partial charge in [-0.15, -0.1) is 0 Å². The molecule has 0 aliphatic carbocycles. The first-order chi connectivity index (χ1) is 9.91. The average molecular weight is 335 g/mol. The summed E-state index contributed by atoms with van der Waals surface area (Å²) in [4.78, 5) is 11.7. The van der Waals surface area contributed by atoms with E-state index in [0.717, 1.165) is 6.07 Å². The van der Waals surface area contributed by atoms with Crippen molar-refractivity contribution >= 4 is 25.7 Å². The summed E-state index contributed by atoms with van der Waals surface area (Å²) in [5, 5.41) is 0. The van der Waals surface area contributed by atoms with Crippen LogP contribution in [0.3, 0.4) is 0 Å². The van der Waals surface area contributed by atoms with Gasteiger partial charge in [0.05, 0.1) is 25.4 Å². The maximum atomic E-state index is 12.0. The zero-order valence-electron chi connectivity index (χ0n) is 11.4. The highest BCUT2D eigenvalue weighted by molar-refractivity contribution is 8.13. The second-order valence-corrected chi connectivity index (χ2v) is 6.96. The summed E-state index contributed by atoms with van der Waals surface area (Å²) in [6, 6.07) is 3.99. The average Bonchev–Trinajstić information content (AvgIpc) is 2.91. The largest absolute Gasteiger partial charge is 0.492 e. The molecule has 0 saturated carbocycles. The van der Waals surface area contributed by atoms with E-state index in [1.54, 1.807) is 6.92 Å². The van der Waals surface area contributed by atoms with Gasteiger partial charge < -0.3 is 14.2 Å². The molecule has 21 heavy (non-hydrogen) atoms. The van der Waals surface area contributed by atoms with Crippen molar-refractivity contribution in [3.8, 4) is 5.75 Å². The minimum Gasteiger partial charge on any atom is -0.492 e. The molecule has 0 aromatic heterocycles. The summed E-state index contributed by atoms with van der Waals surface area (Å²) in [7, 11) is 1.34. The van der Waals surface area contributed by atoms with Gasteiger partial charge in [0.2, 0.25) is 0 Å². The molecule has 1 aromatic carbocycles. The van der Waals surface area contributed by atoms with Gasteiger partial charge in [0.15, 0.2) is 0 Å². The van der Waals surface area contributed by atoms with E-state index in [1.165, 1.54) is 12.1 Å². The van der Waals surface area contributed by atoms with Gasteiger partial charge in [0.25, 0.3) is 9.05 Å². The number of carbonyl (C=O) groups excluding carboxylic acids is 1. The van der Waals surface area contributed by atoms with Gasteiger partial charge in [-0.3, -0.25) is 0 Å². The topological polar surface area (TPSA) is 78.9 Å². The van der Waals surface area contributed by atoms with Crippen LogP contribution in [0.5, 0.6) is 5.75 Å². The number of benzene rings is 1. The molecule has 0 amide bonds. The summed E-state index contributed by atoms with van der Waals surface area (Å²) in [5.74, 6) is -0.511. The first-order valence-electron chi connectivity index (χ1n) is 6.42. The van der Waals surface area contributed by atoms with Crippen LogP contribution in [0.2, 0.25) is 0 Å². The third kappa shape index (κ3) is 4.09. The zero-order chi connectivity index (χ0) is 15.5. The Kier molecular flexibility index (Phi) is 5.08. The number of carbonyl (C=O) groups is 1. The predicted octanol–water partition coefficient (Wildman–Crippen LogP) is 1.96. The Morgan fingerprint density at radius 3 is 2.81 bits per heavy atom. The Bertz CT molecular complexity index is 622. The number of esters is 1. The van der Waals surface area contributed by atoms with Crippen LogP contribution in [0.25, 0.3) is 0 Å². The van der Waals surface area contributed by atoms with E-state index in [9.17, 15) is 13.2 Å². The van der Waals surface area contributed by atoms with Crippen LogP contribution < -0.4 is 4.74 Å². The second-order valence-electron chi connectivity index (χ2n) is 4.42. The van der Waals surface area contributed by atoms with E-state index >= 15 is 0 Å². The molecule has 1 fully saturated rings. The number of rotatable bonds is 5. The van der Waals surface area contributed by atoms with E-state index in [4.69, 9.17) is 24.9 Å². The molecule has 0 radical (unpaired) electrons. The second kappa shape index (κ2) is 6.64. The van der Waals surface area contributed by atoms with Crippen molar-refractivity contribution < 1.29 is 27.4 Å². The Labute approximate surface area is 127 Å². The minimum atomic E-state index is -4.02. The Hall–Kier alpha value is -1.31. The van der Waals surface area contributed by atoms with Gasteiger partial charge >= 0.3 is 5.97 Å². The predicted molar refractivity (Wildman–Crippen MR) is 75.3 cm³/mol. The zero-order valence-corrected chi connectivity index (χ0v) is 12.9. The minimum absolute atomic E-state index is 0.101. The Balaban J connectivity index is 2.26. The van der Waals surface area contributed by atoms with Crippen LogP contribution in [0.1, 0.15) is 23.7 Å². The molecule has 0 bridgehead atoms. The van der Waals surface area contributed by atoms with Crippen molar-refractivity contribution in [2.75, 3.05) is 19.8 Å². The first-order valence-corrected chi connectivity index (χ1v) is 8.73. The quantitative estimate of drug-likeness (QED) is 0.605. The van der Waals surface area contributed by atoms with Crippen LogP contribution in [-0.2, 0) is 18.5 Å². The number of ether oxygens (including phenoxy) is 3. The van der Waals surface area contributed by atoms with Gasteiger partial charge in [0.1, 0.15) is 16.7 Å². The van der Waals surface area contributed by atoms with E-state index in [1.807, 2.05) is 0 Å². The molecule has 116 valence electrons. The highest BCUT2D eigenvalue weighted by Gasteiger charge is 2.24. The summed E-state index contributed by atoms with van der Waals surface area (Å²) in [6.45, 7) is 2.89. The first kappa shape index (κ1) is 16.1. The molecular weight excluding hydrogens is 320 g/mol. The highest BCUT2D eigenvalue weighted by Crippen LogP contribution is 2.28. The number of hydrogen-bond acceptors (Lipinski definition) is 6. The van der Waals surface area contributed by atoms with Crippen molar-refractivity contribution in [1.29, 1.82) is 0 Å². The molecule has 6 nitrogen and oxygen atoms in total. The van der Waals surface area contributed by atoms with Gasteiger partial charge in [-0.1, -0.05) is 0 Å². The fraction of sp³-hybridized carbons (Fsp3) is 0.462. The van der Waals surface area contributed by atoms with Crippen LogP contribution >= 0.6 is 10.7 Å². The van der Waals surface area contributed by atoms with Crippen LogP contribution in [0.4, 0.5) is 0 Å². The fourth-order valence-corrected chi connectivity index (χ4v) is 2.92. The van der Waals surface area contributed by atoms with E-state index in [-0.39, 0.29) is 28.9 Å². The molecule has 8 heteroatoms. The third-order valence-corrected chi connectivity index (χ3v) is 4.25. The molecule has 1 unspecified atom stereocenters. The van der Waals surface area contributed by atoms with Gasteiger partial charge in [-0.2, -0.15) is 0 Å². The monoisotopic (exact) mass is 334 g/mol. The van der Waals surface area contributed by atoms with Crippen molar-refractivity contribution in [3.63, 3.8) is 0 Å². The summed E-state index contributed by atoms with van der Waals surface area (Å²) < 4.78 is 38.6. The molecule has 1 aliphatic rings.